The molecule has 2 aromatic carbocycles. The van der Waals surface area contributed by atoms with E-state index in [1.54, 1.807) is 6.07 Å². The van der Waals surface area contributed by atoms with Crippen molar-refractivity contribution < 1.29 is 4.39 Å². The second kappa shape index (κ2) is 6.45. The molecule has 3 nitrogen and oxygen atoms in total. The number of aromatic nitrogens is 1. The summed E-state index contributed by atoms with van der Waals surface area (Å²) in [5.41, 5.74) is 0.504. The van der Waals surface area contributed by atoms with E-state index in [2.05, 4.69) is 4.98 Å². The third-order valence-electron chi connectivity index (χ3n) is 3.33. The van der Waals surface area contributed by atoms with Crippen LogP contribution in [0.5, 0.6) is 0 Å². The highest BCUT2D eigenvalue weighted by atomic mass is 35.5. The van der Waals surface area contributed by atoms with E-state index in [1.165, 1.54) is 30.0 Å². The standard InChI is InChI=1S/C17H10ClFN2OS/c18-11-3-1-2-10(6-11)9-23-17-14-7-12(19)4-5-13(14)15(8-20)16(22)21-17/h1-7H,9H2,(H,21,22). The number of nitrogens with zero attached hydrogens (tertiary/aromatic N) is 1. The van der Waals surface area contributed by atoms with Gasteiger partial charge in [0.2, 0.25) is 0 Å². The molecule has 0 atom stereocenters. The third kappa shape index (κ3) is 3.24. The Morgan fingerprint density at radius 1 is 1.22 bits per heavy atom. The molecule has 0 amide bonds. The van der Waals surface area contributed by atoms with Gasteiger partial charge in [0.25, 0.3) is 5.56 Å². The summed E-state index contributed by atoms with van der Waals surface area (Å²) in [5, 5.41) is 11.3. The van der Waals surface area contributed by atoms with E-state index in [0.29, 0.717) is 26.6 Å². The van der Waals surface area contributed by atoms with E-state index in [-0.39, 0.29) is 5.56 Å². The Kier molecular flexibility index (Phi) is 4.37. The van der Waals surface area contributed by atoms with E-state index in [0.717, 1.165) is 5.56 Å². The highest BCUT2D eigenvalue weighted by Gasteiger charge is 2.12. The van der Waals surface area contributed by atoms with Crippen LogP contribution in [0, 0.1) is 17.1 Å². The van der Waals surface area contributed by atoms with Gasteiger partial charge < -0.3 is 4.98 Å². The molecule has 0 saturated heterocycles. The minimum Gasteiger partial charge on any atom is -0.315 e. The number of halogens is 2. The molecule has 0 aliphatic carbocycles. The SMILES string of the molecule is N#Cc1c(=O)[nH]c(SCc2cccc(Cl)c2)c2cc(F)ccc12. The van der Waals surface area contributed by atoms with Crippen molar-refractivity contribution in [2.75, 3.05) is 0 Å². The summed E-state index contributed by atoms with van der Waals surface area (Å²) in [5.74, 6) is 0.145. The van der Waals surface area contributed by atoms with Crippen molar-refractivity contribution in [3.63, 3.8) is 0 Å². The number of nitrogens with one attached hydrogen (secondary N) is 1. The lowest BCUT2D eigenvalue weighted by atomic mass is 10.1. The Labute approximate surface area is 140 Å². The van der Waals surface area contributed by atoms with E-state index < -0.39 is 11.4 Å². The summed E-state index contributed by atoms with van der Waals surface area (Å²) in [6.07, 6.45) is 0. The van der Waals surface area contributed by atoms with Gasteiger partial charge in [-0.25, -0.2) is 4.39 Å². The van der Waals surface area contributed by atoms with Crippen LogP contribution in [0.15, 0.2) is 52.3 Å². The monoisotopic (exact) mass is 344 g/mol. The second-order valence-corrected chi connectivity index (χ2v) is 6.30. The van der Waals surface area contributed by atoms with Crippen molar-refractivity contribution >= 4 is 34.1 Å². The number of pyridine rings is 1. The average molecular weight is 345 g/mol. The summed E-state index contributed by atoms with van der Waals surface area (Å²) in [7, 11) is 0. The number of H-pyrrole nitrogens is 1. The second-order valence-electron chi connectivity index (χ2n) is 4.88. The summed E-state index contributed by atoms with van der Waals surface area (Å²) < 4.78 is 13.6. The lowest BCUT2D eigenvalue weighted by molar-refractivity contribution is 0.629. The van der Waals surface area contributed by atoms with Crippen molar-refractivity contribution in [2.45, 2.75) is 10.8 Å². The zero-order valence-corrected chi connectivity index (χ0v) is 13.3. The molecule has 0 spiro atoms. The Hall–Kier alpha value is -2.29. The molecule has 3 rings (SSSR count). The molecular weight excluding hydrogens is 335 g/mol. The van der Waals surface area contributed by atoms with Gasteiger partial charge in [0.05, 0.1) is 5.03 Å². The summed E-state index contributed by atoms with van der Waals surface area (Å²) in [6.45, 7) is 0. The van der Waals surface area contributed by atoms with Crippen LogP contribution in [-0.4, -0.2) is 4.98 Å². The molecule has 0 aliphatic heterocycles. The molecule has 0 bridgehead atoms. The molecule has 1 aromatic heterocycles. The maximum absolute atomic E-state index is 13.6. The normalized spacial score (nSPS) is 10.7. The maximum atomic E-state index is 13.6. The van der Waals surface area contributed by atoms with Gasteiger partial charge >= 0.3 is 0 Å². The zero-order valence-electron chi connectivity index (χ0n) is 11.8. The molecule has 0 aliphatic rings. The molecule has 0 fully saturated rings. The number of benzene rings is 2. The van der Waals surface area contributed by atoms with Gasteiger partial charge in [0, 0.05) is 21.5 Å². The maximum Gasteiger partial charge on any atom is 0.267 e. The highest BCUT2D eigenvalue weighted by Crippen LogP contribution is 2.29. The van der Waals surface area contributed by atoms with Gasteiger partial charge in [-0.1, -0.05) is 23.7 Å². The number of aromatic amines is 1. The smallest absolute Gasteiger partial charge is 0.267 e. The van der Waals surface area contributed by atoms with Gasteiger partial charge in [-0.15, -0.1) is 11.8 Å². The van der Waals surface area contributed by atoms with Crippen LogP contribution in [-0.2, 0) is 5.75 Å². The zero-order chi connectivity index (χ0) is 16.4. The summed E-state index contributed by atoms with van der Waals surface area (Å²) >= 11 is 7.32. The van der Waals surface area contributed by atoms with Crippen LogP contribution in [0.25, 0.3) is 10.8 Å². The molecule has 1 N–H and O–H groups in total. The van der Waals surface area contributed by atoms with Crippen molar-refractivity contribution in [1.29, 1.82) is 5.26 Å². The van der Waals surface area contributed by atoms with Crippen molar-refractivity contribution in [1.82, 2.24) is 4.98 Å². The van der Waals surface area contributed by atoms with E-state index >= 15 is 0 Å². The molecule has 114 valence electrons. The van der Waals surface area contributed by atoms with Crippen LogP contribution >= 0.6 is 23.4 Å². The Morgan fingerprint density at radius 3 is 2.78 bits per heavy atom. The fourth-order valence-electron chi connectivity index (χ4n) is 2.28. The fourth-order valence-corrected chi connectivity index (χ4v) is 3.48. The van der Waals surface area contributed by atoms with E-state index in [1.807, 2.05) is 24.3 Å². The Balaban J connectivity index is 2.05. The first kappa shape index (κ1) is 15.6. The number of hydrogen-bond donors (Lipinski definition) is 1. The lowest BCUT2D eigenvalue weighted by Gasteiger charge is -2.08. The van der Waals surface area contributed by atoms with Crippen LogP contribution < -0.4 is 5.56 Å². The van der Waals surface area contributed by atoms with Gasteiger partial charge in [-0.3, -0.25) is 4.79 Å². The molecule has 23 heavy (non-hydrogen) atoms. The van der Waals surface area contributed by atoms with Crippen LogP contribution in [0.3, 0.4) is 0 Å². The van der Waals surface area contributed by atoms with Crippen LogP contribution in [0.1, 0.15) is 11.1 Å². The number of fused-ring (bicyclic) bond motifs is 1. The largest absolute Gasteiger partial charge is 0.315 e. The highest BCUT2D eigenvalue weighted by molar-refractivity contribution is 7.98. The minimum absolute atomic E-state index is 0.00731. The molecule has 0 radical (unpaired) electrons. The van der Waals surface area contributed by atoms with Crippen LogP contribution in [0.4, 0.5) is 4.39 Å². The van der Waals surface area contributed by atoms with Crippen molar-refractivity contribution in [3.8, 4) is 6.07 Å². The Bertz CT molecular complexity index is 994. The lowest BCUT2D eigenvalue weighted by Crippen LogP contribution is -2.11. The fraction of sp³-hybridized carbons (Fsp3) is 0.0588. The topological polar surface area (TPSA) is 56.6 Å². The molecule has 0 saturated carbocycles. The van der Waals surface area contributed by atoms with Gasteiger partial charge in [-0.05, 0) is 35.9 Å². The number of rotatable bonds is 3. The predicted molar refractivity (Wildman–Crippen MR) is 90.3 cm³/mol. The summed E-state index contributed by atoms with van der Waals surface area (Å²) in [6, 6.07) is 13.3. The average Bonchev–Trinajstić information content (AvgIpc) is 2.53. The van der Waals surface area contributed by atoms with Crippen LogP contribution in [0.2, 0.25) is 5.02 Å². The molecule has 1 heterocycles. The summed E-state index contributed by atoms with van der Waals surface area (Å²) in [4.78, 5) is 14.7. The predicted octanol–water partition coefficient (Wildman–Crippen LogP) is 4.48. The van der Waals surface area contributed by atoms with E-state index in [4.69, 9.17) is 16.9 Å². The first-order valence-electron chi connectivity index (χ1n) is 6.71. The van der Waals surface area contributed by atoms with Crippen molar-refractivity contribution in [3.05, 3.63) is 74.8 Å². The number of thioether (sulfide) groups is 1. The third-order valence-corrected chi connectivity index (χ3v) is 4.66. The van der Waals surface area contributed by atoms with Gasteiger partial charge in [0.15, 0.2) is 0 Å². The first-order valence-corrected chi connectivity index (χ1v) is 8.08. The number of hydrogen-bond acceptors (Lipinski definition) is 3. The number of nitriles is 1. The molecule has 3 aromatic rings. The quantitative estimate of drug-likeness (QED) is 0.712. The van der Waals surface area contributed by atoms with Gasteiger partial charge in [0.1, 0.15) is 17.4 Å². The van der Waals surface area contributed by atoms with Crippen molar-refractivity contribution in [2.24, 2.45) is 0 Å². The minimum atomic E-state index is -0.472. The van der Waals surface area contributed by atoms with E-state index in [9.17, 15) is 9.18 Å². The Morgan fingerprint density at radius 2 is 2.04 bits per heavy atom. The molecule has 6 heteroatoms. The molecule has 0 unspecified atom stereocenters. The van der Waals surface area contributed by atoms with Gasteiger partial charge in [-0.2, -0.15) is 5.26 Å². The first-order chi connectivity index (χ1) is 11.1. The molecular formula is C17H10ClFN2OS.